The van der Waals surface area contributed by atoms with Crippen molar-refractivity contribution in [2.45, 2.75) is 12.5 Å². The van der Waals surface area contributed by atoms with Gasteiger partial charge in [-0.25, -0.2) is 17.8 Å². The van der Waals surface area contributed by atoms with Gasteiger partial charge in [-0.1, -0.05) is 6.08 Å². The molecule has 0 aromatic heterocycles. The van der Waals surface area contributed by atoms with Crippen LogP contribution in [-0.4, -0.2) is 54.5 Å². The van der Waals surface area contributed by atoms with Gasteiger partial charge in [0.1, 0.15) is 5.82 Å². The van der Waals surface area contributed by atoms with Gasteiger partial charge in [0.15, 0.2) is 6.10 Å². The fraction of sp³-hybridized carbons (Fsp3) is 0.412. The largest absolute Gasteiger partial charge is 0.434 e. The molecular weight excluding hydrogens is 361 g/mol. The number of carbonyl (C=O) groups is 2. The average Bonchev–Trinajstić information content (AvgIpc) is 3.04. The molecule has 0 spiro atoms. The molecule has 140 valence electrons. The summed E-state index contributed by atoms with van der Waals surface area (Å²) in [5.41, 5.74) is 1.53. The predicted octanol–water partition coefficient (Wildman–Crippen LogP) is 1.78. The minimum absolute atomic E-state index is 0.0278. The van der Waals surface area contributed by atoms with Crippen molar-refractivity contribution in [1.29, 1.82) is 0 Å². The summed E-state index contributed by atoms with van der Waals surface area (Å²) in [6.07, 6.45) is 0.647. The maximum Gasteiger partial charge on any atom is 0.415 e. The summed E-state index contributed by atoms with van der Waals surface area (Å²) in [5.74, 6) is -0.170. The maximum absolute atomic E-state index is 14.6. The van der Waals surface area contributed by atoms with Crippen molar-refractivity contribution >= 4 is 33.0 Å². The molecule has 0 saturated carbocycles. The van der Waals surface area contributed by atoms with Gasteiger partial charge < -0.3 is 10.1 Å². The summed E-state index contributed by atoms with van der Waals surface area (Å²) in [5, 5.41) is 2.42. The molecule has 2 amide bonds. The van der Waals surface area contributed by atoms with Crippen LogP contribution in [0.15, 0.2) is 28.6 Å². The first-order valence-electron chi connectivity index (χ1n) is 8.16. The van der Waals surface area contributed by atoms with Crippen LogP contribution in [0.3, 0.4) is 0 Å². The molecule has 1 aromatic rings. The average molecular weight is 381 g/mol. The van der Waals surface area contributed by atoms with Gasteiger partial charge in [0.2, 0.25) is 0 Å². The zero-order chi connectivity index (χ0) is 18.9. The molecule has 0 radical (unpaired) electrons. The molecule has 3 rings (SSSR count). The number of ether oxygens (including phenoxy) is 1. The number of carbonyl (C=O) groups excluding carboxylic acids is 2. The first-order chi connectivity index (χ1) is 12.4. The highest BCUT2D eigenvalue weighted by atomic mass is 32.2. The van der Waals surface area contributed by atoms with Crippen molar-refractivity contribution in [3.05, 3.63) is 35.7 Å². The second kappa shape index (κ2) is 7.06. The Labute approximate surface area is 151 Å². The van der Waals surface area contributed by atoms with Crippen LogP contribution in [-0.2, 0) is 19.3 Å². The van der Waals surface area contributed by atoms with E-state index in [0.29, 0.717) is 29.2 Å². The molecule has 1 saturated heterocycles. The Bertz CT molecular complexity index is 905. The van der Waals surface area contributed by atoms with E-state index in [1.807, 2.05) is 0 Å². The second-order valence-corrected chi connectivity index (χ2v) is 8.72. The lowest BCUT2D eigenvalue weighted by Crippen LogP contribution is -2.35. The van der Waals surface area contributed by atoms with Gasteiger partial charge >= 0.3 is 6.09 Å². The van der Waals surface area contributed by atoms with Gasteiger partial charge in [0.05, 0.1) is 27.7 Å². The number of anilines is 1. The molecule has 2 aliphatic rings. The molecule has 9 heteroatoms. The van der Waals surface area contributed by atoms with Gasteiger partial charge in [-0.3, -0.25) is 9.69 Å². The van der Waals surface area contributed by atoms with Crippen LogP contribution in [0.2, 0.25) is 0 Å². The minimum Gasteiger partial charge on any atom is -0.434 e. The molecule has 26 heavy (non-hydrogen) atoms. The number of halogens is 1. The van der Waals surface area contributed by atoms with Gasteiger partial charge in [0, 0.05) is 25.4 Å². The number of likely N-dealkylation sites (N-methyl/N-ethyl adjacent to an activating group) is 1. The van der Waals surface area contributed by atoms with Gasteiger partial charge in [-0.05, 0) is 30.2 Å². The summed E-state index contributed by atoms with van der Waals surface area (Å²) in [6.45, 7) is 0.0278. The molecule has 2 heterocycles. The Hall–Kier alpha value is -2.42. The van der Waals surface area contributed by atoms with Crippen molar-refractivity contribution in [3.8, 4) is 0 Å². The van der Waals surface area contributed by atoms with E-state index in [1.54, 1.807) is 18.2 Å². The standard InChI is InChI=1S/C17H20FN3O4S/c1-19-16(22)15-10-21(17(23)25-15)12-3-4-13(14(18)9-12)11-5-7-26(24,20-2)8-6-11/h3-5,9,15H,6-8,10H2,1-2H3,(H,19,22)/t15-,26?/m1/s1. The van der Waals surface area contributed by atoms with Crippen molar-refractivity contribution < 1.29 is 22.9 Å². The summed E-state index contributed by atoms with van der Waals surface area (Å²) in [7, 11) is 0.785. The third-order valence-corrected chi connectivity index (χ3v) is 6.77. The first-order valence-corrected chi connectivity index (χ1v) is 10.0. The lowest BCUT2D eigenvalue weighted by atomic mass is 10.0. The molecule has 1 fully saturated rings. The summed E-state index contributed by atoms with van der Waals surface area (Å²) >= 11 is 0. The van der Waals surface area contributed by atoms with Crippen LogP contribution in [0.4, 0.5) is 14.9 Å². The Balaban J connectivity index is 1.82. The fourth-order valence-electron chi connectivity index (χ4n) is 3.00. The number of cyclic esters (lactones) is 1. The molecule has 0 aliphatic carbocycles. The van der Waals surface area contributed by atoms with Crippen LogP contribution in [0.1, 0.15) is 12.0 Å². The van der Waals surface area contributed by atoms with Crippen molar-refractivity contribution in [2.24, 2.45) is 4.36 Å². The molecule has 1 unspecified atom stereocenters. The predicted molar refractivity (Wildman–Crippen MR) is 96.9 cm³/mol. The maximum atomic E-state index is 14.6. The lowest BCUT2D eigenvalue weighted by molar-refractivity contribution is -0.127. The molecule has 2 aliphatic heterocycles. The number of rotatable bonds is 3. The zero-order valence-electron chi connectivity index (χ0n) is 14.5. The molecule has 1 aromatic carbocycles. The van der Waals surface area contributed by atoms with E-state index < -0.39 is 33.7 Å². The van der Waals surface area contributed by atoms with E-state index in [-0.39, 0.29) is 6.54 Å². The van der Waals surface area contributed by atoms with Crippen molar-refractivity contribution in [3.63, 3.8) is 0 Å². The van der Waals surface area contributed by atoms with Crippen molar-refractivity contribution in [1.82, 2.24) is 5.32 Å². The zero-order valence-corrected chi connectivity index (χ0v) is 15.3. The lowest BCUT2D eigenvalue weighted by Gasteiger charge is -2.19. The smallest absolute Gasteiger partial charge is 0.415 e. The number of amides is 2. The van der Waals surface area contributed by atoms with Crippen LogP contribution in [0, 0.1) is 5.82 Å². The van der Waals surface area contributed by atoms with E-state index in [0.717, 1.165) is 5.57 Å². The van der Waals surface area contributed by atoms with E-state index in [9.17, 15) is 18.2 Å². The normalized spacial score (nSPS) is 25.5. The topological polar surface area (TPSA) is 88.1 Å². The molecule has 7 nitrogen and oxygen atoms in total. The minimum atomic E-state index is -2.21. The number of nitrogens with zero attached hydrogens (tertiary/aromatic N) is 2. The Morgan fingerprint density at radius 3 is 2.81 bits per heavy atom. The Morgan fingerprint density at radius 2 is 2.23 bits per heavy atom. The fourth-order valence-corrected chi connectivity index (χ4v) is 4.50. The van der Waals surface area contributed by atoms with Crippen LogP contribution in [0.25, 0.3) is 5.57 Å². The third kappa shape index (κ3) is 3.44. The summed E-state index contributed by atoms with van der Waals surface area (Å²) in [4.78, 5) is 24.8. The summed E-state index contributed by atoms with van der Waals surface area (Å²) in [6, 6.07) is 4.45. The van der Waals surface area contributed by atoms with E-state index in [4.69, 9.17) is 4.74 Å². The van der Waals surface area contributed by atoms with E-state index >= 15 is 0 Å². The Morgan fingerprint density at radius 1 is 1.46 bits per heavy atom. The highest BCUT2D eigenvalue weighted by Crippen LogP contribution is 2.30. The van der Waals surface area contributed by atoms with E-state index in [2.05, 4.69) is 9.68 Å². The molecule has 1 N–H and O–H groups in total. The SMILES string of the molecule is CN=S1(=O)CC=C(c2ccc(N3C[C@H](C(=O)NC)OC3=O)cc2F)CC1. The quantitative estimate of drug-likeness (QED) is 0.865. The first kappa shape index (κ1) is 18.4. The van der Waals surface area contributed by atoms with Crippen LogP contribution >= 0.6 is 0 Å². The third-order valence-electron chi connectivity index (χ3n) is 4.57. The molecule has 0 bridgehead atoms. The number of hydrogen-bond donors (Lipinski definition) is 1. The number of hydrogen-bond acceptors (Lipinski definition) is 5. The number of allylic oxidation sites excluding steroid dienone is 1. The number of nitrogens with one attached hydrogen (secondary N) is 1. The number of benzene rings is 1. The highest BCUT2D eigenvalue weighted by Gasteiger charge is 2.36. The molecular formula is C17H20FN3O4S. The van der Waals surface area contributed by atoms with Gasteiger partial charge in [-0.2, -0.15) is 0 Å². The Kier molecular flexibility index (Phi) is 4.99. The van der Waals surface area contributed by atoms with Crippen LogP contribution in [0.5, 0.6) is 0 Å². The van der Waals surface area contributed by atoms with Crippen LogP contribution < -0.4 is 10.2 Å². The van der Waals surface area contributed by atoms with E-state index in [1.165, 1.54) is 25.1 Å². The highest BCUT2D eigenvalue weighted by molar-refractivity contribution is 7.93. The summed E-state index contributed by atoms with van der Waals surface area (Å²) < 4.78 is 35.8. The monoisotopic (exact) mass is 381 g/mol. The molecule has 2 atom stereocenters. The van der Waals surface area contributed by atoms with Gasteiger partial charge in [0.25, 0.3) is 5.91 Å². The second-order valence-electron chi connectivity index (χ2n) is 6.07. The van der Waals surface area contributed by atoms with Crippen molar-refractivity contribution in [2.75, 3.05) is 37.0 Å². The van der Waals surface area contributed by atoms with Gasteiger partial charge in [-0.15, -0.1) is 0 Å².